The van der Waals surface area contributed by atoms with E-state index >= 15 is 0 Å². The molecule has 0 N–H and O–H groups in total. The van der Waals surface area contributed by atoms with Gasteiger partial charge in [-0.1, -0.05) is 127 Å². The number of fused-ring (bicyclic) bond motifs is 11. The van der Waals surface area contributed by atoms with Crippen molar-refractivity contribution in [3.8, 4) is 33.8 Å². The number of benzene rings is 8. The summed E-state index contributed by atoms with van der Waals surface area (Å²) >= 11 is 0. The molecule has 2 aliphatic rings. The van der Waals surface area contributed by atoms with Crippen molar-refractivity contribution in [1.82, 2.24) is 0 Å². The predicted octanol–water partition coefficient (Wildman–Crippen LogP) is 13.2. The Hall–Kier alpha value is -6.84. The second kappa shape index (κ2) is 11.1. The molecule has 11 rings (SSSR count). The number of para-hydroxylation sites is 4. The van der Waals surface area contributed by atoms with Crippen molar-refractivity contribution in [2.75, 3.05) is 4.90 Å². The molecular weight excluding hydrogens is 635 g/mol. The largest absolute Gasteiger partial charge is 0.457 e. The van der Waals surface area contributed by atoms with Crippen molar-refractivity contribution in [3.05, 3.63) is 210 Å². The van der Waals surface area contributed by atoms with Gasteiger partial charge in [-0.05, 0) is 94.0 Å². The van der Waals surface area contributed by atoms with E-state index in [4.69, 9.17) is 9.15 Å². The third-order valence-electron chi connectivity index (χ3n) is 10.9. The molecule has 0 atom stereocenters. The Morgan fingerprint density at radius 1 is 0.365 bits per heavy atom. The molecule has 0 saturated carbocycles. The topological polar surface area (TPSA) is 25.6 Å². The first-order valence-corrected chi connectivity index (χ1v) is 17.8. The van der Waals surface area contributed by atoms with E-state index in [0.717, 1.165) is 72.8 Å². The summed E-state index contributed by atoms with van der Waals surface area (Å²) in [6.45, 7) is 0. The summed E-state index contributed by atoms with van der Waals surface area (Å²) < 4.78 is 12.9. The van der Waals surface area contributed by atoms with Crippen molar-refractivity contribution in [1.29, 1.82) is 0 Å². The van der Waals surface area contributed by atoms with Gasteiger partial charge in [-0.3, -0.25) is 0 Å². The number of furan rings is 1. The van der Waals surface area contributed by atoms with E-state index in [2.05, 4.69) is 181 Å². The Bertz CT molecular complexity index is 2790. The van der Waals surface area contributed by atoms with Crippen LogP contribution in [0.2, 0.25) is 0 Å². The zero-order chi connectivity index (χ0) is 34.2. The highest BCUT2D eigenvalue weighted by molar-refractivity contribution is 6.06. The van der Waals surface area contributed by atoms with E-state index in [0.29, 0.717) is 0 Å². The second-order valence-electron chi connectivity index (χ2n) is 13.7. The van der Waals surface area contributed by atoms with Crippen LogP contribution < -0.4 is 9.64 Å². The Balaban J connectivity index is 1.20. The Kier molecular flexibility index (Phi) is 6.17. The predicted molar refractivity (Wildman–Crippen MR) is 211 cm³/mol. The van der Waals surface area contributed by atoms with Crippen LogP contribution in [0.25, 0.3) is 44.2 Å². The van der Waals surface area contributed by atoms with Crippen LogP contribution in [0, 0.1) is 0 Å². The number of anilines is 3. The molecule has 0 fully saturated rings. The average molecular weight is 666 g/mol. The van der Waals surface area contributed by atoms with Crippen LogP contribution >= 0.6 is 0 Å². The van der Waals surface area contributed by atoms with E-state index in [1.165, 1.54) is 22.3 Å². The van der Waals surface area contributed by atoms with Gasteiger partial charge in [0.25, 0.3) is 0 Å². The Morgan fingerprint density at radius 3 is 1.71 bits per heavy atom. The van der Waals surface area contributed by atoms with Crippen molar-refractivity contribution in [2.45, 2.75) is 5.41 Å². The minimum Gasteiger partial charge on any atom is -0.457 e. The van der Waals surface area contributed by atoms with Crippen molar-refractivity contribution in [3.63, 3.8) is 0 Å². The Morgan fingerprint density at radius 2 is 0.923 bits per heavy atom. The van der Waals surface area contributed by atoms with Gasteiger partial charge in [-0.2, -0.15) is 0 Å². The number of nitrogens with zero attached hydrogens (tertiary/aromatic N) is 1. The fourth-order valence-electron chi connectivity index (χ4n) is 8.66. The van der Waals surface area contributed by atoms with Crippen LogP contribution in [0.5, 0.6) is 11.5 Å². The fraction of sp³-hybridized carbons (Fsp3) is 0.0204. The maximum absolute atomic E-state index is 6.67. The lowest BCUT2D eigenvalue weighted by atomic mass is 9.61. The second-order valence-corrected chi connectivity index (χ2v) is 13.7. The highest BCUT2D eigenvalue weighted by Gasteiger charge is 2.51. The molecule has 9 aromatic rings. The maximum atomic E-state index is 6.67. The van der Waals surface area contributed by atoms with Gasteiger partial charge in [0.2, 0.25) is 0 Å². The molecule has 244 valence electrons. The lowest BCUT2D eigenvalue weighted by Gasteiger charge is -2.48. The van der Waals surface area contributed by atoms with Crippen molar-refractivity contribution in [2.24, 2.45) is 0 Å². The highest BCUT2D eigenvalue weighted by Crippen LogP contribution is 2.63. The molecular formula is C49H31NO2. The summed E-state index contributed by atoms with van der Waals surface area (Å²) in [4.78, 5) is 2.43. The molecule has 3 heteroatoms. The number of ether oxygens (including phenoxy) is 1. The zero-order valence-corrected chi connectivity index (χ0v) is 28.2. The van der Waals surface area contributed by atoms with Gasteiger partial charge in [0.05, 0.1) is 16.8 Å². The molecule has 0 bridgehead atoms. The Labute approximate surface area is 301 Å². The van der Waals surface area contributed by atoms with Gasteiger partial charge >= 0.3 is 0 Å². The normalized spacial score (nSPS) is 13.7. The molecule has 0 saturated heterocycles. The SMILES string of the molecule is c1ccc(-c2ccc(N3c4ccccc4C4(c5ccccc5Oc5ccccc54)c4cc(-c5ccc6oc7ccccc7c6c5)ccc43)cc2)cc1. The molecule has 1 aromatic heterocycles. The summed E-state index contributed by atoms with van der Waals surface area (Å²) in [7, 11) is 0. The van der Waals surface area contributed by atoms with Gasteiger partial charge in [-0.15, -0.1) is 0 Å². The number of hydrogen-bond acceptors (Lipinski definition) is 3. The third-order valence-corrected chi connectivity index (χ3v) is 10.9. The smallest absolute Gasteiger partial charge is 0.135 e. The summed E-state index contributed by atoms with van der Waals surface area (Å²) in [5.74, 6) is 1.75. The summed E-state index contributed by atoms with van der Waals surface area (Å²) in [5, 5.41) is 2.24. The van der Waals surface area contributed by atoms with Gasteiger partial charge < -0.3 is 14.1 Å². The van der Waals surface area contributed by atoms with E-state index in [1.54, 1.807) is 0 Å². The van der Waals surface area contributed by atoms with Crippen LogP contribution in [0.15, 0.2) is 192 Å². The monoisotopic (exact) mass is 665 g/mol. The highest BCUT2D eigenvalue weighted by atomic mass is 16.5. The number of rotatable bonds is 3. The molecule has 0 amide bonds. The van der Waals surface area contributed by atoms with Crippen LogP contribution in [-0.4, -0.2) is 0 Å². The molecule has 8 aromatic carbocycles. The summed E-state index contributed by atoms with van der Waals surface area (Å²) in [6.07, 6.45) is 0. The van der Waals surface area contributed by atoms with Crippen LogP contribution in [0.4, 0.5) is 17.1 Å². The summed E-state index contributed by atoms with van der Waals surface area (Å²) in [6, 6.07) is 67.4. The zero-order valence-electron chi connectivity index (χ0n) is 28.2. The van der Waals surface area contributed by atoms with Gasteiger partial charge in [-0.25, -0.2) is 0 Å². The third kappa shape index (κ3) is 4.08. The van der Waals surface area contributed by atoms with E-state index < -0.39 is 5.41 Å². The van der Waals surface area contributed by atoms with E-state index in [9.17, 15) is 0 Å². The summed E-state index contributed by atoms with van der Waals surface area (Å²) in [5.41, 5.74) is 13.9. The van der Waals surface area contributed by atoms with E-state index in [1.807, 2.05) is 12.1 Å². The molecule has 2 aliphatic heterocycles. The molecule has 52 heavy (non-hydrogen) atoms. The van der Waals surface area contributed by atoms with Crippen molar-refractivity contribution < 1.29 is 9.15 Å². The van der Waals surface area contributed by atoms with E-state index in [-0.39, 0.29) is 0 Å². The molecule has 0 aliphatic carbocycles. The fourth-order valence-corrected chi connectivity index (χ4v) is 8.66. The quantitative estimate of drug-likeness (QED) is 0.188. The average Bonchev–Trinajstić information content (AvgIpc) is 3.59. The molecule has 3 nitrogen and oxygen atoms in total. The molecule has 3 heterocycles. The van der Waals surface area contributed by atoms with Crippen LogP contribution in [0.1, 0.15) is 22.3 Å². The van der Waals surface area contributed by atoms with Crippen LogP contribution in [-0.2, 0) is 5.41 Å². The van der Waals surface area contributed by atoms with Gasteiger partial charge in [0, 0.05) is 27.6 Å². The number of hydrogen-bond donors (Lipinski definition) is 0. The first-order valence-electron chi connectivity index (χ1n) is 17.8. The molecule has 1 spiro atoms. The lowest BCUT2D eigenvalue weighted by Crippen LogP contribution is -2.39. The first-order chi connectivity index (χ1) is 25.8. The first kappa shape index (κ1) is 28.9. The van der Waals surface area contributed by atoms with Gasteiger partial charge in [0.1, 0.15) is 22.7 Å². The van der Waals surface area contributed by atoms with Crippen molar-refractivity contribution >= 4 is 39.0 Å². The molecule has 0 radical (unpaired) electrons. The van der Waals surface area contributed by atoms with Crippen LogP contribution in [0.3, 0.4) is 0 Å². The lowest BCUT2D eigenvalue weighted by molar-refractivity contribution is 0.434. The molecule has 0 unspecified atom stereocenters. The standard InChI is InChI=1S/C49H31NO2/c1-2-12-32(13-3-1)33-22-26-36(27-23-33)50-43-18-8-5-15-39(43)49(40-16-6-10-20-47(40)52-48-21-11-7-17-41(48)49)42-31-35(24-28-44(42)50)34-25-29-46-38(30-34)37-14-4-9-19-45(37)51-46/h1-31H. The minimum atomic E-state index is -0.639. The minimum absolute atomic E-state index is 0.639. The maximum Gasteiger partial charge on any atom is 0.135 e. The van der Waals surface area contributed by atoms with Gasteiger partial charge in [0.15, 0.2) is 0 Å².